The van der Waals surface area contributed by atoms with E-state index in [-0.39, 0.29) is 79.2 Å². The van der Waals surface area contributed by atoms with E-state index in [1.54, 1.807) is 38.1 Å². The van der Waals surface area contributed by atoms with E-state index in [4.69, 9.17) is 5.73 Å². The van der Waals surface area contributed by atoms with Gasteiger partial charge in [-0.05, 0) is 67.3 Å². The largest absolute Gasteiger partial charge is 0.478 e. The SMILES string of the molecule is CC(C)C(NC(=O)CCCCCN1C(=O)C=CC1=O)C(=O)NC(CCCNC(N)=O)C(=O)Nc1ccc(Cc2cc([N+](=O)[O-])ccc2C(=O)O)cc1. The van der Waals surface area contributed by atoms with E-state index in [9.17, 15) is 48.8 Å². The molecule has 52 heavy (non-hydrogen) atoms. The van der Waals surface area contributed by atoms with Gasteiger partial charge < -0.3 is 32.1 Å². The Morgan fingerprint density at radius 1 is 0.904 bits per heavy atom. The number of hydrogen-bond acceptors (Lipinski definition) is 9. The van der Waals surface area contributed by atoms with Crippen molar-refractivity contribution in [1.29, 1.82) is 0 Å². The van der Waals surface area contributed by atoms with Crippen LogP contribution >= 0.6 is 0 Å². The normalized spacial score (nSPS) is 13.4. The van der Waals surface area contributed by atoms with E-state index in [0.29, 0.717) is 30.5 Å². The van der Waals surface area contributed by atoms with Crippen molar-refractivity contribution in [1.82, 2.24) is 20.9 Å². The monoisotopic (exact) mass is 721 g/mol. The molecule has 2 aromatic carbocycles. The number of carbonyl (C=O) groups is 7. The number of unbranched alkanes of at least 4 members (excludes halogenated alkanes) is 2. The van der Waals surface area contributed by atoms with Gasteiger partial charge in [0.05, 0.1) is 10.5 Å². The van der Waals surface area contributed by atoms with Crippen LogP contribution in [-0.2, 0) is 30.4 Å². The number of benzene rings is 2. The van der Waals surface area contributed by atoms with Crippen molar-refractivity contribution in [3.8, 4) is 0 Å². The average molecular weight is 722 g/mol. The lowest BCUT2D eigenvalue weighted by Crippen LogP contribution is -2.54. The smallest absolute Gasteiger partial charge is 0.335 e. The quantitative estimate of drug-likeness (QED) is 0.0503. The summed E-state index contributed by atoms with van der Waals surface area (Å²) in [7, 11) is 0. The number of hydrogen-bond donors (Lipinski definition) is 6. The molecule has 0 bridgehead atoms. The number of urea groups is 1. The molecule has 2 aromatic rings. The van der Waals surface area contributed by atoms with Gasteiger partial charge in [0.1, 0.15) is 12.1 Å². The van der Waals surface area contributed by atoms with Crippen molar-refractivity contribution >= 4 is 52.9 Å². The van der Waals surface area contributed by atoms with Gasteiger partial charge in [0.25, 0.3) is 17.5 Å². The van der Waals surface area contributed by atoms with Gasteiger partial charge in [0.15, 0.2) is 0 Å². The number of carbonyl (C=O) groups excluding carboxylic acids is 6. The molecular formula is C35H43N7O10. The van der Waals surface area contributed by atoms with Gasteiger partial charge in [-0.2, -0.15) is 0 Å². The molecule has 0 radical (unpaired) electrons. The van der Waals surface area contributed by atoms with E-state index in [1.807, 2.05) is 0 Å². The molecule has 0 saturated carbocycles. The number of non-ortho nitro benzene ring substituents is 1. The van der Waals surface area contributed by atoms with E-state index >= 15 is 0 Å². The number of carboxylic acid groups (broad SMARTS) is 1. The van der Waals surface area contributed by atoms with Crippen molar-refractivity contribution in [2.75, 3.05) is 18.4 Å². The summed E-state index contributed by atoms with van der Waals surface area (Å²) in [5, 5.41) is 31.3. The molecule has 17 heteroatoms. The lowest BCUT2D eigenvalue weighted by molar-refractivity contribution is -0.384. The number of primary amides is 1. The Balaban J connectivity index is 1.62. The topological polar surface area (TPSA) is 260 Å². The van der Waals surface area contributed by atoms with Gasteiger partial charge in [-0.3, -0.25) is 39.0 Å². The fraction of sp³-hybridized carbons (Fsp3) is 0.400. The van der Waals surface area contributed by atoms with E-state index < -0.39 is 40.8 Å². The molecule has 0 aromatic heterocycles. The van der Waals surface area contributed by atoms with Crippen LogP contribution in [0.1, 0.15) is 73.9 Å². The molecule has 0 saturated heterocycles. The van der Waals surface area contributed by atoms with Crippen LogP contribution in [0.4, 0.5) is 16.2 Å². The average Bonchev–Trinajstić information content (AvgIpc) is 3.41. The number of nitro benzene ring substituents is 1. The Hall–Kier alpha value is -6.13. The minimum absolute atomic E-state index is 0.0731. The van der Waals surface area contributed by atoms with E-state index in [1.165, 1.54) is 24.3 Å². The van der Waals surface area contributed by atoms with Crippen LogP contribution in [-0.4, -0.2) is 81.6 Å². The first-order chi connectivity index (χ1) is 24.7. The minimum Gasteiger partial charge on any atom is -0.478 e. The van der Waals surface area contributed by atoms with Crippen LogP contribution < -0.4 is 27.0 Å². The summed E-state index contributed by atoms with van der Waals surface area (Å²) >= 11 is 0. The highest BCUT2D eigenvalue weighted by Crippen LogP contribution is 2.22. The maximum Gasteiger partial charge on any atom is 0.335 e. The van der Waals surface area contributed by atoms with Crippen molar-refractivity contribution in [2.45, 2.75) is 70.9 Å². The van der Waals surface area contributed by atoms with Gasteiger partial charge >= 0.3 is 12.0 Å². The second-order valence-corrected chi connectivity index (χ2v) is 12.5. The van der Waals surface area contributed by atoms with Crippen molar-refractivity contribution in [3.05, 3.63) is 81.4 Å². The molecule has 2 unspecified atom stereocenters. The molecule has 0 fully saturated rings. The van der Waals surface area contributed by atoms with Crippen LogP contribution in [0.3, 0.4) is 0 Å². The molecule has 17 nitrogen and oxygen atoms in total. The number of carboxylic acids is 1. The molecular weight excluding hydrogens is 678 g/mol. The third-order valence-corrected chi connectivity index (χ3v) is 8.20. The van der Waals surface area contributed by atoms with Crippen LogP contribution in [0.15, 0.2) is 54.6 Å². The fourth-order valence-corrected chi connectivity index (χ4v) is 5.42. The Labute approximate surface area is 299 Å². The van der Waals surface area contributed by atoms with Gasteiger partial charge in [-0.15, -0.1) is 0 Å². The zero-order chi connectivity index (χ0) is 38.4. The van der Waals surface area contributed by atoms with Gasteiger partial charge in [-0.1, -0.05) is 32.4 Å². The number of nitrogens with two attached hydrogens (primary N) is 1. The van der Waals surface area contributed by atoms with Crippen molar-refractivity contribution in [2.24, 2.45) is 11.7 Å². The summed E-state index contributed by atoms with van der Waals surface area (Å²) in [5.41, 5.74) is 6.02. The lowest BCUT2D eigenvalue weighted by Gasteiger charge is -2.25. The number of nitrogens with one attached hydrogen (secondary N) is 4. The third kappa shape index (κ3) is 12.3. The van der Waals surface area contributed by atoms with Crippen molar-refractivity contribution < 1.29 is 43.6 Å². The van der Waals surface area contributed by atoms with Crippen LogP contribution in [0.25, 0.3) is 0 Å². The molecule has 3 rings (SSSR count). The Morgan fingerprint density at radius 2 is 1.58 bits per heavy atom. The fourth-order valence-electron chi connectivity index (χ4n) is 5.42. The predicted molar refractivity (Wildman–Crippen MR) is 188 cm³/mol. The van der Waals surface area contributed by atoms with Crippen molar-refractivity contribution in [3.63, 3.8) is 0 Å². The Kier molecular flexibility index (Phi) is 15.0. The number of rotatable bonds is 20. The molecule has 2 atom stereocenters. The summed E-state index contributed by atoms with van der Waals surface area (Å²) < 4.78 is 0. The Bertz CT molecular complexity index is 1690. The second-order valence-electron chi connectivity index (χ2n) is 12.5. The first kappa shape index (κ1) is 40.3. The maximum atomic E-state index is 13.4. The number of aromatic carboxylic acids is 1. The standard InChI is InChI=1S/C35H43N7O10/c1-21(2)31(40-28(43)8-4-3-5-18-41-29(44)15-16-30(41)45)33(47)39-27(7-6-17-37-35(36)50)32(46)38-24-11-9-22(10-12-24)19-23-20-25(42(51)52)13-14-26(23)34(48)49/h9-16,20-21,27,31H,3-8,17-19H2,1-2H3,(H,38,46)(H,39,47)(H,40,43)(H,48,49)(H3,36,37,50). The number of nitro groups is 1. The highest BCUT2D eigenvalue weighted by Gasteiger charge is 2.29. The molecule has 0 aliphatic carbocycles. The molecule has 1 heterocycles. The zero-order valence-electron chi connectivity index (χ0n) is 28.9. The van der Waals surface area contributed by atoms with E-state index in [2.05, 4.69) is 21.3 Å². The minimum atomic E-state index is -1.23. The first-order valence-electron chi connectivity index (χ1n) is 16.7. The summed E-state index contributed by atoms with van der Waals surface area (Å²) in [4.78, 5) is 97.5. The number of amides is 7. The highest BCUT2D eigenvalue weighted by atomic mass is 16.6. The summed E-state index contributed by atoms with van der Waals surface area (Å²) in [6, 6.07) is 7.08. The highest BCUT2D eigenvalue weighted by molar-refractivity contribution is 6.12. The predicted octanol–water partition coefficient (Wildman–Crippen LogP) is 2.38. The second kappa shape index (κ2) is 19.3. The summed E-state index contributed by atoms with van der Waals surface area (Å²) in [5.74, 6) is -3.85. The molecule has 7 N–H and O–H groups in total. The van der Waals surface area contributed by atoms with Gasteiger partial charge in [0, 0.05) is 49.5 Å². The number of imide groups is 1. The van der Waals surface area contributed by atoms with Crippen LogP contribution in [0, 0.1) is 16.0 Å². The van der Waals surface area contributed by atoms with E-state index in [0.717, 1.165) is 11.0 Å². The Morgan fingerprint density at radius 3 is 2.17 bits per heavy atom. The van der Waals surface area contributed by atoms with Gasteiger partial charge in [-0.25, -0.2) is 9.59 Å². The molecule has 7 amide bonds. The molecule has 1 aliphatic rings. The molecule has 0 spiro atoms. The summed E-state index contributed by atoms with van der Waals surface area (Å²) in [6.07, 6.45) is 4.55. The number of nitrogens with zero attached hydrogens (tertiary/aromatic N) is 2. The molecule has 278 valence electrons. The summed E-state index contributed by atoms with van der Waals surface area (Å²) in [6.45, 7) is 3.87. The first-order valence-corrected chi connectivity index (χ1v) is 16.7. The maximum absolute atomic E-state index is 13.4. The molecule has 1 aliphatic heterocycles. The zero-order valence-corrected chi connectivity index (χ0v) is 28.9. The lowest BCUT2D eigenvalue weighted by atomic mass is 9.99. The van der Waals surface area contributed by atoms with Crippen LogP contribution in [0.5, 0.6) is 0 Å². The van der Waals surface area contributed by atoms with Crippen LogP contribution in [0.2, 0.25) is 0 Å². The van der Waals surface area contributed by atoms with Gasteiger partial charge in [0.2, 0.25) is 17.7 Å². The third-order valence-electron chi connectivity index (χ3n) is 8.20. The number of anilines is 1.